The van der Waals surface area contributed by atoms with Gasteiger partial charge in [0, 0.05) is 24.7 Å². The first-order chi connectivity index (χ1) is 14.5. The maximum atomic E-state index is 13.0. The fourth-order valence-electron chi connectivity index (χ4n) is 3.60. The van der Waals surface area contributed by atoms with Crippen molar-refractivity contribution in [3.63, 3.8) is 0 Å². The molecule has 3 rings (SSSR count). The number of hydrogen-bond acceptors (Lipinski definition) is 4. The van der Waals surface area contributed by atoms with Crippen LogP contribution in [0.1, 0.15) is 40.9 Å². The third-order valence-electron chi connectivity index (χ3n) is 5.17. The van der Waals surface area contributed by atoms with Crippen LogP contribution in [0.3, 0.4) is 0 Å². The van der Waals surface area contributed by atoms with E-state index in [9.17, 15) is 14.4 Å². The molecule has 0 atom stereocenters. The molecule has 0 aliphatic carbocycles. The predicted octanol–water partition coefficient (Wildman–Crippen LogP) is 1.07. The monoisotopic (exact) mass is 407 g/mol. The number of Topliss-reactive ketones (excluding diaryl/α,β-unsaturated/α-hetero) is 1. The summed E-state index contributed by atoms with van der Waals surface area (Å²) in [6.45, 7) is 2.27. The number of hydrogen-bond donors (Lipinski definition) is 2. The van der Waals surface area contributed by atoms with Gasteiger partial charge in [-0.3, -0.25) is 18.7 Å². The molecule has 3 aromatic rings. The van der Waals surface area contributed by atoms with E-state index in [2.05, 4.69) is 0 Å². The quantitative estimate of drug-likeness (QED) is 0.545. The van der Waals surface area contributed by atoms with Crippen LogP contribution in [0.4, 0.5) is 5.82 Å². The van der Waals surface area contributed by atoms with Gasteiger partial charge in [-0.1, -0.05) is 67.6 Å². The standard InChI is InChI=1S/C23H26N4O3/c1-3-14-27-21(24)19(22(29)26(2)23(27)30)18(28)15-25-20(16-10-6-4-7-11-16)17-12-8-5-9-13-17/h4-13,20,25H,3,14-15,24H2,1-2H3/p+1. The van der Waals surface area contributed by atoms with Crippen molar-refractivity contribution >= 4 is 11.6 Å². The van der Waals surface area contributed by atoms with Crippen LogP contribution in [-0.2, 0) is 13.6 Å². The van der Waals surface area contributed by atoms with Gasteiger partial charge in [-0.25, -0.2) is 4.79 Å². The number of nitrogens with two attached hydrogens (primary N) is 2. The molecule has 156 valence electrons. The van der Waals surface area contributed by atoms with E-state index in [0.717, 1.165) is 15.7 Å². The summed E-state index contributed by atoms with van der Waals surface area (Å²) in [6, 6.07) is 19.6. The molecule has 1 heterocycles. The zero-order chi connectivity index (χ0) is 21.7. The van der Waals surface area contributed by atoms with Gasteiger partial charge >= 0.3 is 5.69 Å². The molecule has 0 bridgehead atoms. The van der Waals surface area contributed by atoms with E-state index in [1.807, 2.05) is 72.9 Å². The van der Waals surface area contributed by atoms with Crippen LogP contribution >= 0.6 is 0 Å². The lowest BCUT2D eigenvalue weighted by Crippen LogP contribution is -2.87. The lowest BCUT2D eigenvalue weighted by molar-refractivity contribution is -0.675. The van der Waals surface area contributed by atoms with Gasteiger partial charge in [0.1, 0.15) is 24.0 Å². The number of aromatic nitrogens is 2. The van der Waals surface area contributed by atoms with Gasteiger partial charge in [0.15, 0.2) is 0 Å². The second kappa shape index (κ2) is 9.37. The van der Waals surface area contributed by atoms with E-state index in [1.165, 1.54) is 11.6 Å². The number of anilines is 1. The van der Waals surface area contributed by atoms with Gasteiger partial charge in [-0.2, -0.15) is 0 Å². The molecule has 0 amide bonds. The minimum atomic E-state index is -0.653. The first-order valence-corrected chi connectivity index (χ1v) is 10.0. The molecule has 0 fully saturated rings. The molecule has 7 nitrogen and oxygen atoms in total. The third-order valence-corrected chi connectivity index (χ3v) is 5.17. The molecule has 0 spiro atoms. The number of rotatable bonds is 8. The molecule has 4 N–H and O–H groups in total. The van der Waals surface area contributed by atoms with E-state index in [1.54, 1.807) is 0 Å². The Balaban J connectivity index is 1.94. The second-order valence-electron chi connectivity index (χ2n) is 7.22. The normalized spacial score (nSPS) is 11.0. The van der Waals surface area contributed by atoms with Gasteiger partial charge in [-0.05, 0) is 6.42 Å². The molecule has 2 aromatic carbocycles. The number of ketones is 1. The lowest BCUT2D eigenvalue weighted by atomic mass is 9.98. The second-order valence-corrected chi connectivity index (χ2v) is 7.22. The summed E-state index contributed by atoms with van der Waals surface area (Å²) in [5.74, 6) is -0.450. The average molecular weight is 407 g/mol. The van der Waals surface area contributed by atoms with Gasteiger partial charge < -0.3 is 11.1 Å². The Morgan fingerprint density at radius 1 is 1.00 bits per heavy atom. The van der Waals surface area contributed by atoms with Crippen LogP contribution in [0.5, 0.6) is 0 Å². The van der Waals surface area contributed by atoms with Crippen molar-refractivity contribution in [3.05, 3.63) is 98.2 Å². The number of nitrogens with zero attached hydrogens (tertiary/aromatic N) is 2. The number of carbonyl (C=O) groups is 1. The van der Waals surface area contributed by atoms with Crippen molar-refractivity contribution in [2.24, 2.45) is 7.05 Å². The molecule has 1 aromatic heterocycles. The molecule has 30 heavy (non-hydrogen) atoms. The summed E-state index contributed by atoms with van der Waals surface area (Å²) in [6.07, 6.45) is 0.659. The van der Waals surface area contributed by atoms with E-state index in [-0.39, 0.29) is 24.0 Å². The summed E-state index contributed by atoms with van der Waals surface area (Å²) in [7, 11) is 1.37. The molecule has 7 heteroatoms. The number of nitrogen functional groups attached to an aromatic ring is 1. The highest BCUT2D eigenvalue weighted by Gasteiger charge is 2.25. The Labute approximate surface area is 174 Å². The Hall–Kier alpha value is -3.45. The Bertz CT molecular complexity index is 1100. The Morgan fingerprint density at radius 3 is 2.03 bits per heavy atom. The summed E-state index contributed by atoms with van der Waals surface area (Å²) >= 11 is 0. The minimum Gasteiger partial charge on any atom is -0.384 e. The highest BCUT2D eigenvalue weighted by atomic mass is 16.2. The van der Waals surface area contributed by atoms with Gasteiger partial charge in [0.2, 0.25) is 5.78 Å². The highest BCUT2D eigenvalue weighted by Crippen LogP contribution is 2.17. The van der Waals surface area contributed by atoms with Crippen LogP contribution in [0.25, 0.3) is 0 Å². The van der Waals surface area contributed by atoms with Crippen molar-refractivity contribution in [1.29, 1.82) is 0 Å². The van der Waals surface area contributed by atoms with Crippen molar-refractivity contribution in [2.45, 2.75) is 25.9 Å². The highest BCUT2D eigenvalue weighted by molar-refractivity contribution is 6.00. The molecule has 0 aliphatic rings. The molecular formula is C23H27N4O3+. The van der Waals surface area contributed by atoms with Crippen LogP contribution < -0.4 is 22.3 Å². The molecule has 0 aliphatic heterocycles. The lowest BCUT2D eigenvalue weighted by Gasteiger charge is -2.17. The van der Waals surface area contributed by atoms with E-state index < -0.39 is 17.0 Å². The fraction of sp³-hybridized carbons (Fsp3) is 0.261. The zero-order valence-corrected chi connectivity index (χ0v) is 17.2. The SMILES string of the molecule is CCCn1c(N)c(C(=O)C[NH2+]C(c2ccccc2)c2ccccc2)c(=O)n(C)c1=O. The van der Waals surface area contributed by atoms with Gasteiger partial charge in [0.05, 0.1) is 0 Å². The molecule has 0 unspecified atom stereocenters. The molecular weight excluding hydrogens is 380 g/mol. The van der Waals surface area contributed by atoms with Gasteiger partial charge in [-0.15, -0.1) is 0 Å². The van der Waals surface area contributed by atoms with Crippen molar-refractivity contribution in [3.8, 4) is 0 Å². The van der Waals surface area contributed by atoms with Crippen molar-refractivity contribution in [1.82, 2.24) is 9.13 Å². The Kier molecular flexibility index (Phi) is 6.64. The number of benzene rings is 2. The average Bonchev–Trinajstić information content (AvgIpc) is 2.77. The van der Waals surface area contributed by atoms with E-state index in [4.69, 9.17) is 5.73 Å². The minimum absolute atomic E-state index is 0.0260. The maximum Gasteiger partial charge on any atom is 0.332 e. The smallest absolute Gasteiger partial charge is 0.332 e. The van der Waals surface area contributed by atoms with Gasteiger partial charge in [0.25, 0.3) is 5.56 Å². The summed E-state index contributed by atoms with van der Waals surface area (Å²) in [4.78, 5) is 38.0. The van der Waals surface area contributed by atoms with Crippen molar-refractivity contribution in [2.75, 3.05) is 12.3 Å². The Morgan fingerprint density at radius 2 is 1.53 bits per heavy atom. The first-order valence-electron chi connectivity index (χ1n) is 10.0. The van der Waals surface area contributed by atoms with Crippen LogP contribution in [0.15, 0.2) is 70.3 Å². The fourth-order valence-corrected chi connectivity index (χ4v) is 3.60. The molecule has 0 saturated heterocycles. The largest absolute Gasteiger partial charge is 0.384 e. The zero-order valence-electron chi connectivity index (χ0n) is 17.2. The predicted molar refractivity (Wildman–Crippen MR) is 116 cm³/mol. The van der Waals surface area contributed by atoms with Crippen LogP contribution in [0.2, 0.25) is 0 Å². The number of quaternary nitrogens is 1. The number of carbonyl (C=O) groups excluding carboxylic acids is 1. The summed E-state index contributed by atoms with van der Waals surface area (Å²) < 4.78 is 2.24. The van der Waals surface area contributed by atoms with E-state index in [0.29, 0.717) is 13.0 Å². The summed E-state index contributed by atoms with van der Waals surface area (Å²) in [5.41, 5.74) is 6.90. The first kappa shape index (κ1) is 21.3. The van der Waals surface area contributed by atoms with E-state index >= 15 is 0 Å². The molecule has 0 radical (unpaired) electrons. The third kappa shape index (κ3) is 4.26. The van der Waals surface area contributed by atoms with Crippen molar-refractivity contribution < 1.29 is 10.1 Å². The van der Waals surface area contributed by atoms with Crippen LogP contribution in [-0.4, -0.2) is 21.5 Å². The molecule has 0 saturated carbocycles. The van der Waals surface area contributed by atoms with Crippen LogP contribution in [0, 0.1) is 0 Å². The summed E-state index contributed by atoms with van der Waals surface area (Å²) in [5, 5.41) is 1.89. The topological polar surface area (TPSA) is 104 Å². The maximum absolute atomic E-state index is 13.0.